The number of methoxy groups -OCH3 is 1. The van der Waals surface area contributed by atoms with Gasteiger partial charge in [0, 0.05) is 95.5 Å². The molecule has 7 aliphatic heterocycles. The number of aromatic nitrogens is 1. The van der Waals surface area contributed by atoms with Crippen LogP contribution in [0.5, 0.6) is 23.0 Å². The van der Waals surface area contributed by atoms with Gasteiger partial charge in [0.15, 0.2) is 11.5 Å². The first-order chi connectivity index (χ1) is 44.5. The Kier molecular flexibility index (Phi) is 15.4. The highest BCUT2D eigenvalue weighted by Gasteiger charge is 2.63. The average molecular weight is 1220 g/mol. The van der Waals surface area contributed by atoms with Crippen LogP contribution in [0.1, 0.15) is 145 Å². The highest BCUT2D eigenvalue weighted by atomic mass is 16.5. The van der Waals surface area contributed by atoms with Crippen molar-refractivity contribution in [2.75, 3.05) is 27.3 Å². The molecule has 11 unspecified atom stereocenters. The average Bonchev–Trinajstić information content (AvgIpc) is 1.30. The van der Waals surface area contributed by atoms with E-state index in [1.54, 1.807) is 31.4 Å². The van der Waals surface area contributed by atoms with E-state index in [9.17, 15) is 25.5 Å². The van der Waals surface area contributed by atoms with Crippen LogP contribution in [-0.4, -0.2) is 93.7 Å². The van der Waals surface area contributed by atoms with Gasteiger partial charge in [-0.1, -0.05) is 97.9 Å². The summed E-state index contributed by atoms with van der Waals surface area (Å²) < 4.78 is 30.8. The molecule has 0 amide bonds. The minimum atomic E-state index is -0.806. The molecule has 472 valence electrons. The summed E-state index contributed by atoms with van der Waals surface area (Å²) in [6.45, 7) is 1.22. The van der Waals surface area contributed by atoms with Crippen LogP contribution in [0.25, 0.3) is 22.7 Å². The zero-order chi connectivity index (χ0) is 61.7. The van der Waals surface area contributed by atoms with Gasteiger partial charge in [-0.15, -0.1) is 0 Å². The zero-order valence-corrected chi connectivity index (χ0v) is 52.5. The monoisotopic (exact) mass is 1220 g/mol. The maximum atomic E-state index is 12.8. The summed E-state index contributed by atoms with van der Waals surface area (Å²) in [7, 11) is 3.78. The fraction of sp³-hybridized carbons (Fsp3) is 0.462. The third-order valence-corrected chi connectivity index (χ3v) is 23.2. The molecule has 91 heavy (non-hydrogen) atoms. The van der Waals surface area contributed by atoms with E-state index < -0.39 is 12.2 Å². The molecule has 1 aromatic heterocycles. The molecule has 13 heteroatoms. The molecule has 5 aliphatic carbocycles. The van der Waals surface area contributed by atoms with Gasteiger partial charge < -0.3 is 59.7 Å². The first kappa shape index (κ1) is 58.9. The van der Waals surface area contributed by atoms with Crippen molar-refractivity contribution in [3.8, 4) is 34.8 Å². The molecular weight excluding hydrogens is 1140 g/mol. The quantitative estimate of drug-likeness (QED) is 0.0481. The van der Waals surface area contributed by atoms with Crippen molar-refractivity contribution in [1.82, 2.24) is 20.5 Å². The van der Waals surface area contributed by atoms with Gasteiger partial charge in [-0.05, 0) is 194 Å². The smallest absolute Gasteiger partial charge is 0.168 e. The molecule has 13 nitrogen and oxygen atoms in total. The lowest BCUT2D eigenvalue weighted by atomic mass is 9.45. The topological polar surface area (TPSA) is 179 Å². The molecule has 18 rings (SSSR count). The van der Waals surface area contributed by atoms with E-state index in [4.69, 9.17) is 18.9 Å². The van der Waals surface area contributed by atoms with Crippen LogP contribution >= 0.6 is 0 Å². The van der Waals surface area contributed by atoms with E-state index in [1.807, 2.05) is 31.3 Å². The van der Waals surface area contributed by atoms with Crippen molar-refractivity contribution in [1.29, 1.82) is 0 Å². The van der Waals surface area contributed by atoms with E-state index in [-0.39, 0.29) is 89.6 Å². The molecule has 12 aliphatic rings. The second kappa shape index (κ2) is 23.8. The Bertz CT molecular complexity index is 4050. The number of phenols is 3. The van der Waals surface area contributed by atoms with Gasteiger partial charge >= 0.3 is 0 Å². The van der Waals surface area contributed by atoms with Crippen molar-refractivity contribution in [2.24, 2.45) is 29.6 Å². The van der Waals surface area contributed by atoms with Gasteiger partial charge in [-0.3, -0.25) is 5.32 Å². The Morgan fingerprint density at radius 3 is 2.54 bits per heavy atom. The maximum absolute atomic E-state index is 12.8. The molecule has 11 atom stereocenters. The predicted octanol–water partition coefficient (Wildman–Crippen LogP) is 11.8. The molecule has 8 heterocycles. The van der Waals surface area contributed by atoms with Crippen LogP contribution in [0.15, 0.2) is 126 Å². The van der Waals surface area contributed by atoms with Crippen LogP contribution < -0.4 is 20.7 Å². The number of piperidine rings is 1. The number of aryl methyl sites for hydroxylation is 3. The SMILES string of the molecule is CNCC1=CC2CCC(CCc3ccc(O)c(Cc4cccc(O)c4)c3)C#CC3=C4CCC(OC)NC4NC4=C3C1OC2CC(O)C1C=Cc2c(c(CO)cc(O)c2OCc2cc(C35c6c7cccc6CCC3C3(CCCCC3)OCC5CC7)cc3cn4cc23)C1. The molecule has 3 fully saturated rings. The number of likely N-dealkylation sites (N-methyl/N-ethyl adjacent to an activating group) is 1. The molecule has 6 aromatic rings. The lowest BCUT2D eigenvalue weighted by Gasteiger charge is -2.63. The summed E-state index contributed by atoms with van der Waals surface area (Å²) in [6, 6.07) is 26.9. The van der Waals surface area contributed by atoms with Crippen molar-refractivity contribution >= 4 is 22.7 Å². The van der Waals surface area contributed by atoms with Crippen molar-refractivity contribution < 1.29 is 44.5 Å². The Hall–Kier alpha value is -7.12. The van der Waals surface area contributed by atoms with E-state index in [1.165, 1.54) is 47.1 Å². The first-order valence-corrected chi connectivity index (χ1v) is 34.0. The number of aliphatic hydroxyl groups excluding tert-OH is 2. The van der Waals surface area contributed by atoms with Crippen molar-refractivity contribution in [3.05, 3.63) is 187 Å². The lowest BCUT2D eigenvalue weighted by Crippen LogP contribution is -2.64. The number of hydrogen-bond acceptors (Lipinski definition) is 12. The molecule has 8 N–H and O–H groups in total. The molecule has 1 saturated carbocycles. The first-order valence-electron chi connectivity index (χ1n) is 34.0. The number of aromatic hydroxyl groups is 3. The van der Waals surface area contributed by atoms with Gasteiger partial charge in [0.05, 0.1) is 31.0 Å². The summed E-state index contributed by atoms with van der Waals surface area (Å²) in [5.41, 5.74) is 15.7. The van der Waals surface area contributed by atoms with Gasteiger partial charge in [0.25, 0.3) is 0 Å². The largest absolute Gasteiger partial charge is 0.508 e. The highest BCUT2D eigenvalue weighted by molar-refractivity contribution is 5.89. The van der Waals surface area contributed by atoms with Crippen LogP contribution in [0, 0.1) is 41.4 Å². The van der Waals surface area contributed by atoms with Gasteiger partial charge in [0.1, 0.15) is 42.4 Å². The number of rotatable bonds is 10. The molecule has 1 spiro atoms. The normalized spacial score (nSPS) is 29.3. The summed E-state index contributed by atoms with van der Waals surface area (Å²) in [4.78, 5) is 0. The Morgan fingerprint density at radius 1 is 0.846 bits per heavy atom. The molecule has 0 radical (unpaired) electrons. The van der Waals surface area contributed by atoms with Crippen LogP contribution in [0.2, 0.25) is 0 Å². The van der Waals surface area contributed by atoms with Gasteiger partial charge in [0.2, 0.25) is 0 Å². The standard InChI is InChI=1S/C78H86N4O9/c1-79-39-53-33-51-17-14-45(12-13-46-16-25-65(85)52(30-46)31-47-8-6-11-59(84)32-47)15-22-60-62-24-27-70(88-2)80-75(62)81-76-71(60)73(53)91-68(51)38-66(86)50-19-23-61-63(36-50)55(42-83)37-67(87)74(61)89-43-56-35-58(34-54-40-82(76)41-64(54)56)78-57-21-18-48-9-7-10-49(72(48)78)20-26-69(78)77(90-44-57)28-4-3-5-29-77/h6-11,16,19,23,25,30,32-35,37,40-41,45,50-51,57,66,68-70,73,75,79-81,83-87H,3-5,12-14,17-18,20-21,24,26-29,31,36,38-39,42-44H2,1-2H3. The fourth-order valence-electron chi connectivity index (χ4n) is 18.9. The third-order valence-electron chi connectivity index (χ3n) is 23.2. The van der Waals surface area contributed by atoms with Crippen LogP contribution in [0.3, 0.4) is 0 Å². The summed E-state index contributed by atoms with van der Waals surface area (Å²) in [6.07, 6.45) is 24.8. The number of nitrogens with one attached hydrogen (secondary N) is 3. The number of benzene rings is 5. The maximum Gasteiger partial charge on any atom is 0.168 e. The van der Waals surface area contributed by atoms with E-state index >= 15 is 0 Å². The molecule has 2 saturated heterocycles. The van der Waals surface area contributed by atoms with Crippen molar-refractivity contribution in [2.45, 2.75) is 171 Å². The Balaban J connectivity index is 0.905. The number of hydrogen-bond donors (Lipinski definition) is 8. The minimum Gasteiger partial charge on any atom is -0.508 e. The van der Waals surface area contributed by atoms with Gasteiger partial charge in [-0.25, -0.2) is 0 Å². The summed E-state index contributed by atoms with van der Waals surface area (Å²) in [5, 5.41) is 71.0. The predicted molar refractivity (Wildman–Crippen MR) is 352 cm³/mol. The zero-order valence-electron chi connectivity index (χ0n) is 52.5. The fourth-order valence-corrected chi connectivity index (χ4v) is 18.9. The van der Waals surface area contributed by atoms with E-state index in [0.717, 1.165) is 150 Å². The number of fused-ring (bicyclic) bond motifs is 7. The number of aliphatic hydroxyl groups is 2. The number of ether oxygens (including phenoxy) is 4. The molecular formula is C78H86N4O9. The third kappa shape index (κ3) is 10.2. The lowest BCUT2D eigenvalue weighted by molar-refractivity contribution is -0.193. The Morgan fingerprint density at radius 2 is 1.70 bits per heavy atom. The van der Waals surface area contributed by atoms with Crippen molar-refractivity contribution in [3.63, 3.8) is 0 Å². The highest BCUT2D eigenvalue weighted by Crippen LogP contribution is 2.64. The number of phenolic OH excluding ortho intramolecular Hbond substituents is 3. The summed E-state index contributed by atoms with van der Waals surface area (Å²) in [5.74, 6) is 9.83. The van der Waals surface area contributed by atoms with E-state index in [0.29, 0.717) is 37.1 Å². The second-order valence-electron chi connectivity index (χ2n) is 28.2. The number of dihydropyridines is 1. The van der Waals surface area contributed by atoms with Gasteiger partial charge in [-0.2, -0.15) is 0 Å². The summed E-state index contributed by atoms with van der Waals surface area (Å²) >= 11 is 0. The second-order valence-corrected chi connectivity index (χ2v) is 28.2. The van der Waals surface area contributed by atoms with Crippen LogP contribution in [-0.2, 0) is 64.9 Å². The van der Waals surface area contributed by atoms with E-state index in [2.05, 4.69) is 93.3 Å². The Labute approximate surface area is 534 Å². The molecule has 5 aromatic carbocycles. The van der Waals surface area contributed by atoms with Crippen LogP contribution in [0.4, 0.5) is 0 Å². The minimum absolute atomic E-state index is 0.0131. The number of nitrogens with zero attached hydrogens (tertiary/aromatic N) is 1. The molecule has 10 bridgehead atoms.